The van der Waals surface area contributed by atoms with Crippen LogP contribution in [0.4, 0.5) is 14.6 Å². The van der Waals surface area contributed by atoms with Crippen molar-refractivity contribution in [2.75, 3.05) is 12.3 Å². The van der Waals surface area contributed by atoms with Crippen molar-refractivity contribution >= 4 is 22.7 Å². The molecule has 0 aliphatic heterocycles. The Kier molecular flexibility index (Phi) is 4.07. The number of nitrogens with two attached hydrogens (primary N) is 1. The molecule has 0 atom stereocenters. The molecular weight excluding hydrogens is 316 g/mol. The van der Waals surface area contributed by atoms with E-state index in [9.17, 15) is 13.6 Å². The molecule has 3 aromatic rings. The number of esters is 1. The number of hydrogen-bond donors (Lipinski definition) is 1. The van der Waals surface area contributed by atoms with Gasteiger partial charge < -0.3 is 10.5 Å². The third-order valence-corrected chi connectivity index (χ3v) is 3.41. The number of anilines is 1. The molecule has 122 valence electrons. The largest absolute Gasteiger partial charge is 0.462 e. The minimum atomic E-state index is -0.710. The second kappa shape index (κ2) is 6.19. The van der Waals surface area contributed by atoms with Gasteiger partial charge in [-0.05, 0) is 31.2 Å². The summed E-state index contributed by atoms with van der Waals surface area (Å²) < 4.78 is 31.8. The van der Waals surface area contributed by atoms with E-state index >= 15 is 0 Å². The van der Waals surface area contributed by atoms with Gasteiger partial charge in [-0.3, -0.25) is 0 Å². The monoisotopic (exact) mass is 329 g/mol. The molecule has 0 spiro atoms. The van der Waals surface area contributed by atoms with Gasteiger partial charge in [-0.1, -0.05) is 0 Å². The molecule has 0 aliphatic carbocycles. The van der Waals surface area contributed by atoms with E-state index < -0.39 is 17.6 Å². The van der Waals surface area contributed by atoms with E-state index in [1.807, 2.05) is 0 Å². The molecule has 1 aromatic carbocycles. The Balaban J connectivity index is 2.18. The molecule has 7 heteroatoms. The van der Waals surface area contributed by atoms with Crippen molar-refractivity contribution in [1.29, 1.82) is 0 Å². The lowest BCUT2D eigenvalue weighted by atomic mass is 10.1. The van der Waals surface area contributed by atoms with Crippen molar-refractivity contribution in [3.8, 4) is 11.3 Å². The summed E-state index contributed by atoms with van der Waals surface area (Å²) in [6.45, 7) is 1.92. The third kappa shape index (κ3) is 2.88. The van der Waals surface area contributed by atoms with Crippen LogP contribution >= 0.6 is 0 Å². The predicted molar refractivity (Wildman–Crippen MR) is 85.3 cm³/mol. The SMILES string of the molecule is CCOC(=O)c1cnc(N)c2nc(-c3cc(F)cc(F)c3)ccc12. The molecule has 3 rings (SSSR count). The Hall–Kier alpha value is -3.09. The summed E-state index contributed by atoms with van der Waals surface area (Å²) in [5.41, 5.74) is 6.90. The smallest absolute Gasteiger partial charge is 0.340 e. The van der Waals surface area contributed by atoms with Crippen LogP contribution in [0.25, 0.3) is 22.2 Å². The van der Waals surface area contributed by atoms with Crippen LogP contribution in [0.15, 0.2) is 36.5 Å². The highest BCUT2D eigenvalue weighted by atomic mass is 19.1. The number of ether oxygens (including phenoxy) is 1. The Morgan fingerprint density at radius 2 is 1.92 bits per heavy atom. The fourth-order valence-electron chi connectivity index (χ4n) is 2.37. The first-order chi connectivity index (χ1) is 11.5. The Bertz CT molecular complexity index is 924. The van der Waals surface area contributed by atoms with Crippen LogP contribution in [0.3, 0.4) is 0 Å². The molecule has 24 heavy (non-hydrogen) atoms. The number of halogens is 2. The van der Waals surface area contributed by atoms with Crippen molar-refractivity contribution in [3.63, 3.8) is 0 Å². The maximum absolute atomic E-state index is 13.4. The van der Waals surface area contributed by atoms with Gasteiger partial charge in [0.1, 0.15) is 23.0 Å². The summed E-state index contributed by atoms with van der Waals surface area (Å²) in [6, 6.07) is 6.26. The van der Waals surface area contributed by atoms with Crippen molar-refractivity contribution in [3.05, 3.63) is 53.7 Å². The van der Waals surface area contributed by atoms with Gasteiger partial charge >= 0.3 is 5.97 Å². The molecule has 2 aromatic heterocycles. The van der Waals surface area contributed by atoms with Crippen molar-refractivity contribution < 1.29 is 18.3 Å². The van der Waals surface area contributed by atoms with Crippen LogP contribution in [0.5, 0.6) is 0 Å². The fraction of sp³-hybridized carbons (Fsp3) is 0.118. The maximum atomic E-state index is 13.4. The van der Waals surface area contributed by atoms with Crippen molar-refractivity contribution in [2.45, 2.75) is 6.92 Å². The average molecular weight is 329 g/mol. The summed E-state index contributed by atoms with van der Waals surface area (Å²) in [7, 11) is 0. The maximum Gasteiger partial charge on any atom is 0.340 e. The standard InChI is InChI=1S/C17H13F2N3O2/c1-2-24-17(23)13-8-21-16(20)15-12(13)3-4-14(22-15)9-5-10(18)7-11(19)6-9/h3-8H,2H2,1H3,(H2,20,21). The molecule has 2 heterocycles. The lowest BCUT2D eigenvalue weighted by Crippen LogP contribution is -2.08. The van der Waals surface area contributed by atoms with Crippen LogP contribution in [0.2, 0.25) is 0 Å². The zero-order valence-electron chi connectivity index (χ0n) is 12.7. The van der Waals surface area contributed by atoms with Crippen LogP contribution in [0.1, 0.15) is 17.3 Å². The highest BCUT2D eigenvalue weighted by Gasteiger charge is 2.16. The number of fused-ring (bicyclic) bond motifs is 1. The van der Waals surface area contributed by atoms with Gasteiger partial charge in [0.25, 0.3) is 0 Å². The van der Waals surface area contributed by atoms with E-state index in [0.717, 1.165) is 18.2 Å². The Labute approximate surface area is 136 Å². The minimum absolute atomic E-state index is 0.108. The van der Waals surface area contributed by atoms with Crippen LogP contribution in [-0.2, 0) is 4.74 Å². The van der Waals surface area contributed by atoms with Gasteiger partial charge in [-0.25, -0.2) is 23.5 Å². The number of benzene rings is 1. The van der Waals surface area contributed by atoms with Gasteiger partial charge in [0.2, 0.25) is 0 Å². The first kappa shape index (κ1) is 15.8. The van der Waals surface area contributed by atoms with Crippen LogP contribution in [-0.4, -0.2) is 22.5 Å². The molecule has 0 radical (unpaired) electrons. The number of nitrogen functional groups attached to an aromatic ring is 1. The number of rotatable bonds is 3. The number of hydrogen-bond acceptors (Lipinski definition) is 5. The molecule has 0 unspecified atom stereocenters. The molecule has 0 bridgehead atoms. The highest BCUT2D eigenvalue weighted by Crippen LogP contribution is 2.27. The molecule has 0 saturated carbocycles. The highest BCUT2D eigenvalue weighted by molar-refractivity contribution is 6.05. The normalized spacial score (nSPS) is 10.8. The second-order valence-electron chi connectivity index (χ2n) is 5.03. The molecular formula is C17H13F2N3O2. The summed E-state index contributed by atoms with van der Waals surface area (Å²) in [4.78, 5) is 20.2. The van der Waals surface area contributed by atoms with E-state index in [2.05, 4.69) is 9.97 Å². The lowest BCUT2D eigenvalue weighted by Gasteiger charge is -2.09. The zero-order valence-corrected chi connectivity index (χ0v) is 12.7. The zero-order chi connectivity index (χ0) is 17.3. The van der Waals surface area contributed by atoms with E-state index in [1.165, 1.54) is 6.20 Å². The predicted octanol–water partition coefficient (Wildman–Crippen LogP) is 3.33. The summed E-state index contributed by atoms with van der Waals surface area (Å²) in [5, 5.41) is 0.460. The van der Waals surface area contributed by atoms with E-state index in [1.54, 1.807) is 19.1 Å². The van der Waals surface area contributed by atoms with E-state index in [4.69, 9.17) is 10.5 Å². The summed E-state index contributed by atoms with van der Waals surface area (Å²) in [6.07, 6.45) is 1.32. The van der Waals surface area contributed by atoms with Crippen molar-refractivity contribution in [2.24, 2.45) is 0 Å². The number of carbonyl (C=O) groups is 1. The quantitative estimate of drug-likeness (QED) is 0.746. The lowest BCUT2D eigenvalue weighted by molar-refractivity contribution is 0.0528. The van der Waals surface area contributed by atoms with Gasteiger partial charge in [-0.2, -0.15) is 0 Å². The topological polar surface area (TPSA) is 78.1 Å². The molecule has 0 saturated heterocycles. The Morgan fingerprint density at radius 3 is 2.58 bits per heavy atom. The van der Waals surface area contributed by atoms with E-state index in [0.29, 0.717) is 11.1 Å². The van der Waals surface area contributed by atoms with E-state index in [-0.39, 0.29) is 29.1 Å². The van der Waals surface area contributed by atoms with Gasteiger partial charge in [0.05, 0.1) is 17.9 Å². The Morgan fingerprint density at radius 1 is 1.21 bits per heavy atom. The molecule has 0 fully saturated rings. The average Bonchev–Trinajstić information content (AvgIpc) is 2.54. The second-order valence-corrected chi connectivity index (χ2v) is 5.03. The third-order valence-electron chi connectivity index (χ3n) is 3.41. The number of aromatic nitrogens is 2. The van der Waals surface area contributed by atoms with Crippen molar-refractivity contribution in [1.82, 2.24) is 9.97 Å². The number of carbonyl (C=O) groups excluding carboxylic acids is 1. The van der Waals surface area contributed by atoms with Crippen LogP contribution in [0, 0.1) is 11.6 Å². The first-order valence-electron chi connectivity index (χ1n) is 7.18. The first-order valence-corrected chi connectivity index (χ1v) is 7.18. The van der Waals surface area contributed by atoms with Gasteiger partial charge in [0.15, 0.2) is 0 Å². The molecule has 0 amide bonds. The fourth-order valence-corrected chi connectivity index (χ4v) is 2.37. The van der Waals surface area contributed by atoms with Crippen LogP contribution < -0.4 is 5.73 Å². The molecule has 0 aliphatic rings. The minimum Gasteiger partial charge on any atom is -0.462 e. The van der Waals surface area contributed by atoms with Gasteiger partial charge in [0, 0.05) is 23.2 Å². The summed E-state index contributed by atoms with van der Waals surface area (Å²) >= 11 is 0. The summed E-state index contributed by atoms with van der Waals surface area (Å²) in [5.74, 6) is -1.85. The van der Waals surface area contributed by atoms with Gasteiger partial charge in [-0.15, -0.1) is 0 Å². The number of pyridine rings is 2. The number of nitrogens with zero attached hydrogens (tertiary/aromatic N) is 2. The molecule has 5 nitrogen and oxygen atoms in total. The molecule has 2 N–H and O–H groups in total.